The molecule has 33 heavy (non-hydrogen) atoms. The van der Waals surface area contributed by atoms with Crippen molar-refractivity contribution < 1.29 is 22.7 Å². The smallest absolute Gasteiger partial charge is 0.410 e. The third-order valence-corrected chi connectivity index (χ3v) is 8.65. The van der Waals surface area contributed by atoms with Crippen molar-refractivity contribution >= 4 is 22.0 Å². The minimum Gasteiger partial charge on any atom is -0.444 e. The number of piperazine rings is 1. The van der Waals surface area contributed by atoms with Gasteiger partial charge in [0.25, 0.3) is 0 Å². The lowest BCUT2D eigenvalue weighted by Crippen LogP contribution is -2.53. The Kier molecular flexibility index (Phi) is 6.73. The van der Waals surface area contributed by atoms with Crippen LogP contribution in [0, 0.1) is 5.92 Å². The lowest BCUT2D eigenvalue weighted by Gasteiger charge is -2.38. The Labute approximate surface area is 196 Å². The van der Waals surface area contributed by atoms with E-state index >= 15 is 0 Å². The molecule has 3 aliphatic rings. The van der Waals surface area contributed by atoms with Gasteiger partial charge in [0.2, 0.25) is 15.9 Å². The van der Waals surface area contributed by atoms with Crippen LogP contribution in [0.25, 0.3) is 0 Å². The maximum absolute atomic E-state index is 13.1. The van der Waals surface area contributed by atoms with E-state index in [-0.39, 0.29) is 17.9 Å². The largest absolute Gasteiger partial charge is 0.444 e. The number of hydrogen-bond acceptors (Lipinski definition) is 5. The molecular weight excluding hydrogens is 442 g/mol. The fourth-order valence-electron chi connectivity index (χ4n) is 4.89. The fourth-order valence-corrected chi connectivity index (χ4v) is 6.42. The second-order valence-electron chi connectivity index (χ2n) is 10.3. The average Bonchev–Trinajstić information content (AvgIpc) is 3.26. The first-order valence-electron chi connectivity index (χ1n) is 11.9. The van der Waals surface area contributed by atoms with Gasteiger partial charge < -0.3 is 14.5 Å². The van der Waals surface area contributed by atoms with Crippen molar-refractivity contribution in [3.63, 3.8) is 0 Å². The van der Waals surface area contributed by atoms with E-state index in [9.17, 15) is 18.0 Å². The van der Waals surface area contributed by atoms with Crippen LogP contribution in [-0.2, 0) is 32.4 Å². The SMILES string of the molecule is CC(C)(C)OC(=O)N1CCN(C(=O)C2CCN(S(=O)(=O)c3ccc4c(c3)CCC4)CC2)CC1. The van der Waals surface area contributed by atoms with E-state index in [1.807, 2.05) is 32.9 Å². The van der Waals surface area contributed by atoms with Gasteiger partial charge in [-0.15, -0.1) is 0 Å². The maximum atomic E-state index is 13.1. The molecular formula is C24H35N3O5S. The Morgan fingerprint density at radius 2 is 1.52 bits per heavy atom. The molecule has 2 aliphatic heterocycles. The number of carbonyl (C=O) groups is 2. The Hall–Kier alpha value is -2.13. The summed E-state index contributed by atoms with van der Waals surface area (Å²) in [5.41, 5.74) is 1.86. The van der Waals surface area contributed by atoms with Crippen molar-refractivity contribution in [3.05, 3.63) is 29.3 Å². The summed E-state index contributed by atoms with van der Waals surface area (Å²) in [4.78, 5) is 29.1. The van der Waals surface area contributed by atoms with Gasteiger partial charge in [-0.1, -0.05) is 6.07 Å². The van der Waals surface area contributed by atoms with Crippen molar-refractivity contribution in [2.24, 2.45) is 5.92 Å². The number of rotatable bonds is 3. The topological polar surface area (TPSA) is 87.2 Å². The fraction of sp³-hybridized carbons (Fsp3) is 0.667. The lowest BCUT2D eigenvalue weighted by molar-refractivity contribution is -0.138. The summed E-state index contributed by atoms with van der Waals surface area (Å²) >= 11 is 0. The third kappa shape index (κ3) is 5.35. The molecule has 0 atom stereocenters. The minimum absolute atomic E-state index is 0.0633. The number of fused-ring (bicyclic) bond motifs is 1. The van der Waals surface area contributed by atoms with E-state index in [4.69, 9.17) is 4.74 Å². The van der Waals surface area contributed by atoms with Crippen LogP contribution in [0.5, 0.6) is 0 Å². The standard InChI is InChI=1S/C24H35N3O5S/c1-24(2,3)32-23(29)26-15-13-25(14-16-26)22(28)19-9-11-27(12-10-19)33(30,31)21-8-7-18-5-4-6-20(18)17-21/h7-8,17,19H,4-6,9-16H2,1-3H3. The summed E-state index contributed by atoms with van der Waals surface area (Å²) in [5.74, 6) is -0.113. The Balaban J connectivity index is 1.29. The first kappa shape index (κ1) is 24.0. The van der Waals surface area contributed by atoms with Crippen molar-refractivity contribution in [1.29, 1.82) is 0 Å². The Morgan fingerprint density at radius 1 is 0.909 bits per heavy atom. The van der Waals surface area contributed by atoms with Gasteiger partial charge in [0.05, 0.1) is 4.90 Å². The van der Waals surface area contributed by atoms with Crippen molar-refractivity contribution in [2.45, 2.75) is 63.4 Å². The van der Waals surface area contributed by atoms with E-state index in [2.05, 4.69) is 0 Å². The van der Waals surface area contributed by atoms with Crippen LogP contribution in [0.15, 0.2) is 23.1 Å². The van der Waals surface area contributed by atoms with Gasteiger partial charge >= 0.3 is 6.09 Å². The highest BCUT2D eigenvalue weighted by molar-refractivity contribution is 7.89. The average molecular weight is 478 g/mol. The number of ether oxygens (including phenoxy) is 1. The molecule has 0 unspecified atom stereocenters. The summed E-state index contributed by atoms with van der Waals surface area (Å²) < 4.78 is 33.2. The van der Waals surface area contributed by atoms with Crippen LogP contribution >= 0.6 is 0 Å². The van der Waals surface area contributed by atoms with Crippen LogP contribution in [0.1, 0.15) is 51.2 Å². The van der Waals surface area contributed by atoms with Crippen molar-refractivity contribution in [3.8, 4) is 0 Å². The van der Waals surface area contributed by atoms with Crippen LogP contribution in [0.3, 0.4) is 0 Å². The number of sulfonamides is 1. The van der Waals surface area contributed by atoms with Crippen LogP contribution in [0.2, 0.25) is 0 Å². The zero-order chi connectivity index (χ0) is 23.8. The Morgan fingerprint density at radius 3 is 2.15 bits per heavy atom. The summed E-state index contributed by atoms with van der Waals surface area (Å²) in [6.07, 6.45) is 3.74. The quantitative estimate of drug-likeness (QED) is 0.668. The molecule has 1 aromatic rings. The molecule has 0 radical (unpaired) electrons. The van der Waals surface area contributed by atoms with E-state index in [0.717, 1.165) is 24.8 Å². The first-order valence-corrected chi connectivity index (χ1v) is 13.4. The molecule has 8 nitrogen and oxygen atoms in total. The number of benzene rings is 1. The van der Waals surface area contributed by atoms with Crippen molar-refractivity contribution in [2.75, 3.05) is 39.3 Å². The first-order chi connectivity index (χ1) is 15.5. The van der Waals surface area contributed by atoms with Crippen molar-refractivity contribution in [1.82, 2.24) is 14.1 Å². The zero-order valence-corrected chi connectivity index (χ0v) is 20.7. The summed E-state index contributed by atoms with van der Waals surface area (Å²) in [7, 11) is -3.54. The zero-order valence-electron chi connectivity index (χ0n) is 19.9. The minimum atomic E-state index is -3.54. The second-order valence-corrected chi connectivity index (χ2v) is 12.2. The molecule has 9 heteroatoms. The molecule has 2 saturated heterocycles. The van der Waals surface area contributed by atoms with Gasteiger partial charge in [-0.05, 0) is 76.1 Å². The van der Waals surface area contributed by atoms with E-state index in [1.165, 1.54) is 9.87 Å². The highest BCUT2D eigenvalue weighted by atomic mass is 32.2. The monoisotopic (exact) mass is 477 g/mol. The molecule has 0 bridgehead atoms. The molecule has 182 valence electrons. The van der Waals surface area contributed by atoms with Gasteiger partial charge in [-0.25, -0.2) is 13.2 Å². The van der Waals surface area contributed by atoms with Gasteiger partial charge in [-0.3, -0.25) is 4.79 Å². The Bertz CT molecular complexity index is 1000. The number of carbonyl (C=O) groups excluding carboxylic acids is 2. The number of nitrogens with zero attached hydrogens (tertiary/aromatic N) is 3. The molecule has 4 rings (SSSR count). The van der Waals surface area contributed by atoms with Gasteiger partial charge in [0.1, 0.15) is 5.60 Å². The third-order valence-electron chi connectivity index (χ3n) is 6.75. The number of aryl methyl sites for hydroxylation is 2. The number of amides is 2. The predicted molar refractivity (Wildman–Crippen MR) is 124 cm³/mol. The van der Waals surface area contributed by atoms with E-state index < -0.39 is 15.6 Å². The molecule has 2 heterocycles. The van der Waals surface area contributed by atoms with E-state index in [1.54, 1.807) is 15.9 Å². The number of piperidine rings is 1. The van der Waals surface area contributed by atoms with Crippen LogP contribution < -0.4 is 0 Å². The molecule has 1 aliphatic carbocycles. The molecule has 0 aromatic heterocycles. The maximum Gasteiger partial charge on any atom is 0.410 e. The number of hydrogen-bond donors (Lipinski definition) is 0. The summed E-state index contributed by atoms with van der Waals surface area (Å²) in [6.45, 7) is 8.07. The summed E-state index contributed by atoms with van der Waals surface area (Å²) in [5, 5.41) is 0. The molecule has 0 saturated carbocycles. The lowest BCUT2D eigenvalue weighted by atomic mass is 9.96. The summed E-state index contributed by atoms with van der Waals surface area (Å²) in [6, 6.07) is 5.50. The molecule has 2 amide bonds. The molecule has 1 aromatic carbocycles. The van der Waals surface area contributed by atoms with Gasteiger partial charge in [-0.2, -0.15) is 4.31 Å². The van der Waals surface area contributed by atoms with Gasteiger partial charge in [0.15, 0.2) is 0 Å². The normalized spacial score (nSPS) is 20.6. The molecule has 0 N–H and O–H groups in total. The van der Waals surface area contributed by atoms with Crippen LogP contribution in [-0.4, -0.2) is 79.4 Å². The second kappa shape index (κ2) is 9.25. The predicted octanol–water partition coefficient (Wildman–Crippen LogP) is 2.66. The molecule has 2 fully saturated rings. The van der Waals surface area contributed by atoms with Gasteiger partial charge in [0, 0.05) is 45.2 Å². The van der Waals surface area contributed by atoms with Crippen LogP contribution in [0.4, 0.5) is 4.79 Å². The highest BCUT2D eigenvalue weighted by Gasteiger charge is 2.36. The highest BCUT2D eigenvalue weighted by Crippen LogP contribution is 2.29. The molecule has 0 spiro atoms. The van der Waals surface area contributed by atoms with E-state index in [0.29, 0.717) is 57.0 Å².